The molecule has 1 saturated carbocycles. The van der Waals surface area contributed by atoms with E-state index in [9.17, 15) is 4.79 Å². The summed E-state index contributed by atoms with van der Waals surface area (Å²) in [5, 5.41) is 6.60. The maximum Gasteiger partial charge on any atom is 0.237 e. The van der Waals surface area contributed by atoms with Gasteiger partial charge in [0.2, 0.25) is 5.91 Å². The monoisotopic (exact) mass is 288 g/mol. The number of nitrogens with one attached hydrogen (secondary N) is 2. The van der Waals surface area contributed by atoms with Gasteiger partial charge in [-0.15, -0.1) is 12.4 Å². The van der Waals surface area contributed by atoms with Crippen molar-refractivity contribution in [1.29, 1.82) is 0 Å². The molecule has 2 aliphatic rings. The third kappa shape index (κ3) is 4.96. The molecular formula is C15H29ClN2O. The van der Waals surface area contributed by atoms with Crippen molar-refractivity contribution in [3.63, 3.8) is 0 Å². The summed E-state index contributed by atoms with van der Waals surface area (Å²) in [7, 11) is 0. The maximum absolute atomic E-state index is 12.2. The normalized spacial score (nSPS) is 31.6. The molecule has 3 nitrogen and oxygen atoms in total. The van der Waals surface area contributed by atoms with Crippen LogP contribution in [0.15, 0.2) is 0 Å². The van der Waals surface area contributed by atoms with E-state index >= 15 is 0 Å². The Bertz CT molecular complexity index is 277. The third-order valence-corrected chi connectivity index (χ3v) is 4.63. The van der Waals surface area contributed by atoms with E-state index in [4.69, 9.17) is 0 Å². The first-order chi connectivity index (χ1) is 8.66. The van der Waals surface area contributed by atoms with E-state index in [1.165, 1.54) is 38.5 Å². The molecule has 4 heteroatoms. The average Bonchev–Trinajstić information content (AvgIpc) is 2.40. The second-order valence-electron chi connectivity index (χ2n) is 6.38. The molecule has 2 rings (SSSR count). The van der Waals surface area contributed by atoms with Gasteiger partial charge in [-0.25, -0.2) is 0 Å². The van der Waals surface area contributed by atoms with Crippen molar-refractivity contribution < 1.29 is 4.79 Å². The number of piperidine rings is 1. The minimum Gasteiger partial charge on any atom is -0.352 e. The smallest absolute Gasteiger partial charge is 0.237 e. The van der Waals surface area contributed by atoms with Gasteiger partial charge in [0, 0.05) is 6.04 Å². The SMILES string of the molecule is CC(C)C1CCCC(NC(=O)C2CCCCN2)C1.Cl. The van der Waals surface area contributed by atoms with Gasteiger partial charge in [-0.2, -0.15) is 0 Å². The van der Waals surface area contributed by atoms with Crippen molar-refractivity contribution in [2.24, 2.45) is 11.8 Å². The minimum atomic E-state index is 0. The van der Waals surface area contributed by atoms with Gasteiger partial charge in [-0.1, -0.05) is 33.1 Å². The number of amides is 1. The zero-order valence-corrected chi connectivity index (χ0v) is 13.1. The van der Waals surface area contributed by atoms with Crippen LogP contribution in [-0.2, 0) is 4.79 Å². The van der Waals surface area contributed by atoms with E-state index in [1.54, 1.807) is 0 Å². The quantitative estimate of drug-likeness (QED) is 0.838. The largest absolute Gasteiger partial charge is 0.352 e. The Morgan fingerprint density at radius 1 is 1.16 bits per heavy atom. The van der Waals surface area contributed by atoms with Crippen molar-refractivity contribution in [3.8, 4) is 0 Å². The zero-order valence-electron chi connectivity index (χ0n) is 12.3. The predicted octanol–water partition coefficient (Wildman–Crippen LogP) is 2.88. The molecule has 0 bridgehead atoms. The number of hydrogen-bond acceptors (Lipinski definition) is 2. The Morgan fingerprint density at radius 2 is 1.95 bits per heavy atom. The van der Waals surface area contributed by atoms with Crippen LogP contribution in [0.25, 0.3) is 0 Å². The van der Waals surface area contributed by atoms with Crippen molar-refractivity contribution in [2.45, 2.75) is 70.9 Å². The van der Waals surface area contributed by atoms with Gasteiger partial charge >= 0.3 is 0 Å². The lowest BCUT2D eigenvalue weighted by Gasteiger charge is -2.33. The van der Waals surface area contributed by atoms with Gasteiger partial charge < -0.3 is 10.6 Å². The summed E-state index contributed by atoms with van der Waals surface area (Å²) in [5.41, 5.74) is 0. The van der Waals surface area contributed by atoms with Crippen molar-refractivity contribution in [1.82, 2.24) is 10.6 Å². The summed E-state index contributed by atoms with van der Waals surface area (Å²) < 4.78 is 0. The van der Waals surface area contributed by atoms with Crippen molar-refractivity contribution in [2.75, 3.05) is 6.54 Å². The molecule has 1 heterocycles. The predicted molar refractivity (Wildman–Crippen MR) is 81.6 cm³/mol. The molecule has 2 N–H and O–H groups in total. The number of carbonyl (C=O) groups is 1. The Hall–Kier alpha value is -0.280. The van der Waals surface area contributed by atoms with E-state index in [0.29, 0.717) is 6.04 Å². The fraction of sp³-hybridized carbons (Fsp3) is 0.933. The molecule has 3 atom stereocenters. The molecule has 0 aromatic rings. The molecule has 2 fully saturated rings. The molecule has 19 heavy (non-hydrogen) atoms. The van der Waals surface area contributed by atoms with Gasteiger partial charge in [0.25, 0.3) is 0 Å². The molecule has 0 radical (unpaired) electrons. The summed E-state index contributed by atoms with van der Waals surface area (Å²) in [6, 6.07) is 0.487. The summed E-state index contributed by atoms with van der Waals surface area (Å²) in [6.07, 6.45) is 8.36. The Balaban J connectivity index is 0.00000180. The third-order valence-electron chi connectivity index (χ3n) is 4.63. The van der Waals surface area contributed by atoms with Gasteiger partial charge in [0.15, 0.2) is 0 Å². The highest BCUT2D eigenvalue weighted by Gasteiger charge is 2.27. The molecule has 1 aliphatic heterocycles. The van der Waals surface area contributed by atoms with Crippen LogP contribution in [-0.4, -0.2) is 24.5 Å². The Kier molecular flexibility index (Phi) is 7.16. The first kappa shape index (κ1) is 16.8. The molecular weight excluding hydrogens is 260 g/mol. The first-order valence-corrected chi connectivity index (χ1v) is 7.70. The van der Waals surface area contributed by atoms with Gasteiger partial charge in [-0.05, 0) is 44.1 Å². The van der Waals surface area contributed by atoms with E-state index in [2.05, 4.69) is 24.5 Å². The summed E-state index contributed by atoms with van der Waals surface area (Å²) in [4.78, 5) is 12.2. The lowest BCUT2D eigenvalue weighted by Crippen LogP contribution is -2.50. The van der Waals surface area contributed by atoms with Crippen molar-refractivity contribution in [3.05, 3.63) is 0 Å². The standard InChI is InChI=1S/C15H28N2O.ClH/c1-11(2)12-6-5-7-13(10-12)17-15(18)14-8-3-4-9-16-14;/h11-14,16H,3-10H2,1-2H3,(H,17,18);1H. The van der Waals surface area contributed by atoms with Crippen LogP contribution >= 0.6 is 12.4 Å². The van der Waals surface area contributed by atoms with E-state index < -0.39 is 0 Å². The van der Waals surface area contributed by atoms with E-state index in [0.717, 1.165) is 24.8 Å². The minimum absolute atomic E-state index is 0. The van der Waals surface area contributed by atoms with Gasteiger partial charge in [0.1, 0.15) is 0 Å². The molecule has 1 amide bonds. The van der Waals surface area contributed by atoms with Crippen molar-refractivity contribution >= 4 is 18.3 Å². The van der Waals surface area contributed by atoms with Crippen LogP contribution < -0.4 is 10.6 Å². The first-order valence-electron chi connectivity index (χ1n) is 7.70. The molecule has 1 aliphatic carbocycles. The average molecular weight is 289 g/mol. The Morgan fingerprint density at radius 3 is 2.58 bits per heavy atom. The molecule has 0 spiro atoms. The second kappa shape index (κ2) is 8.11. The summed E-state index contributed by atoms with van der Waals surface area (Å²) in [6.45, 7) is 5.60. The van der Waals surface area contributed by atoms with E-state index in [1.807, 2.05) is 0 Å². The number of hydrogen-bond donors (Lipinski definition) is 2. The lowest BCUT2D eigenvalue weighted by atomic mass is 9.79. The van der Waals surface area contributed by atoms with E-state index in [-0.39, 0.29) is 24.4 Å². The molecule has 112 valence electrons. The topological polar surface area (TPSA) is 41.1 Å². The maximum atomic E-state index is 12.2. The molecule has 3 unspecified atom stereocenters. The summed E-state index contributed by atoms with van der Waals surface area (Å²) >= 11 is 0. The Labute approximate surface area is 123 Å². The zero-order chi connectivity index (χ0) is 13.0. The van der Waals surface area contributed by atoms with Crippen LogP contribution in [0.4, 0.5) is 0 Å². The molecule has 0 aromatic heterocycles. The number of halogens is 1. The van der Waals surface area contributed by atoms with Gasteiger partial charge in [-0.3, -0.25) is 4.79 Å². The van der Waals surface area contributed by atoms with Crippen LogP contribution in [0.3, 0.4) is 0 Å². The highest BCUT2D eigenvalue weighted by molar-refractivity contribution is 5.85. The highest BCUT2D eigenvalue weighted by atomic mass is 35.5. The van der Waals surface area contributed by atoms with Crippen LogP contribution in [0.2, 0.25) is 0 Å². The van der Waals surface area contributed by atoms with Crippen LogP contribution in [0.5, 0.6) is 0 Å². The van der Waals surface area contributed by atoms with Crippen LogP contribution in [0, 0.1) is 11.8 Å². The molecule has 1 saturated heterocycles. The fourth-order valence-electron chi connectivity index (χ4n) is 3.34. The summed E-state index contributed by atoms with van der Waals surface area (Å²) in [5.74, 6) is 1.78. The highest BCUT2D eigenvalue weighted by Crippen LogP contribution is 2.30. The molecule has 0 aromatic carbocycles. The number of rotatable bonds is 3. The number of carbonyl (C=O) groups excluding carboxylic acids is 1. The lowest BCUT2D eigenvalue weighted by molar-refractivity contribution is -0.124. The van der Waals surface area contributed by atoms with Crippen LogP contribution in [0.1, 0.15) is 58.8 Å². The second-order valence-corrected chi connectivity index (χ2v) is 6.38. The van der Waals surface area contributed by atoms with Gasteiger partial charge in [0.05, 0.1) is 6.04 Å². The fourth-order valence-corrected chi connectivity index (χ4v) is 3.34.